The van der Waals surface area contributed by atoms with Gasteiger partial charge < -0.3 is 10.1 Å². The van der Waals surface area contributed by atoms with Gasteiger partial charge in [-0.2, -0.15) is 0 Å². The van der Waals surface area contributed by atoms with Crippen molar-refractivity contribution >= 4 is 34.8 Å². The van der Waals surface area contributed by atoms with Gasteiger partial charge in [-0.05, 0) is 42.8 Å². The molecule has 0 atom stereocenters. The number of aryl methyl sites for hydroxylation is 1. The third kappa shape index (κ3) is 4.44. The number of hydrogen-bond donors (Lipinski definition) is 1. The van der Waals surface area contributed by atoms with E-state index in [9.17, 15) is 4.79 Å². The summed E-state index contributed by atoms with van der Waals surface area (Å²) in [5, 5.41) is 3.68. The molecule has 3 nitrogen and oxygen atoms in total. The first-order valence-electron chi connectivity index (χ1n) is 5.98. The van der Waals surface area contributed by atoms with Gasteiger partial charge >= 0.3 is 0 Å². The number of halogens is 2. The van der Waals surface area contributed by atoms with Crippen LogP contribution in [0.1, 0.15) is 5.56 Å². The molecule has 0 aliphatic carbocycles. The Labute approximate surface area is 127 Å². The summed E-state index contributed by atoms with van der Waals surface area (Å²) < 4.78 is 5.35. The quantitative estimate of drug-likeness (QED) is 0.913. The number of hydrogen-bond acceptors (Lipinski definition) is 2. The predicted octanol–water partition coefficient (Wildman–Crippen LogP) is 4.32. The molecule has 2 rings (SSSR count). The van der Waals surface area contributed by atoms with Crippen LogP contribution in [-0.2, 0) is 4.79 Å². The Kier molecular flexibility index (Phi) is 4.88. The maximum atomic E-state index is 11.8. The number of ether oxygens (including phenoxy) is 1. The van der Waals surface area contributed by atoms with Crippen molar-refractivity contribution in [3.05, 3.63) is 58.1 Å². The van der Waals surface area contributed by atoms with Crippen LogP contribution in [0.2, 0.25) is 10.0 Å². The molecule has 0 aliphatic rings. The summed E-state index contributed by atoms with van der Waals surface area (Å²) >= 11 is 11.7. The second-order valence-electron chi connectivity index (χ2n) is 4.31. The summed E-state index contributed by atoms with van der Waals surface area (Å²) in [4.78, 5) is 11.8. The van der Waals surface area contributed by atoms with Crippen molar-refractivity contribution in [1.82, 2.24) is 0 Å². The molecule has 0 spiro atoms. The molecule has 0 bridgehead atoms. The van der Waals surface area contributed by atoms with Crippen LogP contribution in [-0.4, -0.2) is 12.5 Å². The van der Waals surface area contributed by atoms with Crippen molar-refractivity contribution in [3.63, 3.8) is 0 Å². The number of benzene rings is 2. The van der Waals surface area contributed by atoms with Gasteiger partial charge in [0.05, 0.1) is 0 Å². The second kappa shape index (κ2) is 6.64. The van der Waals surface area contributed by atoms with Crippen LogP contribution in [0.15, 0.2) is 42.5 Å². The van der Waals surface area contributed by atoms with Gasteiger partial charge in [0, 0.05) is 15.7 Å². The molecule has 2 aromatic rings. The van der Waals surface area contributed by atoms with E-state index in [2.05, 4.69) is 5.32 Å². The zero-order valence-corrected chi connectivity index (χ0v) is 12.3. The molecule has 1 amide bonds. The van der Waals surface area contributed by atoms with E-state index >= 15 is 0 Å². The Balaban J connectivity index is 1.92. The van der Waals surface area contributed by atoms with E-state index < -0.39 is 0 Å². The van der Waals surface area contributed by atoms with Crippen molar-refractivity contribution in [2.24, 2.45) is 0 Å². The molecule has 0 saturated carbocycles. The van der Waals surface area contributed by atoms with Gasteiger partial charge in [-0.25, -0.2) is 0 Å². The maximum Gasteiger partial charge on any atom is 0.262 e. The Hall–Kier alpha value is -1.71. The van der Waals surface area contributed by atoms with Gasteiger partial charge in [0.15, 0.2) is 6.61 Å². The normalized spacial score (nSPS) is 10.2. The number of amides is 1. The molecule has 5 heteroatoms. The van der Waals surface area contributed by atoms with Gasteiger partial charge in [0.1, 0.15) is 5.75 Å². The molecule has 104 valence electrons. The number of anilines is 1. The van der Waals surface area contributed by atoms with Gasteiger partial charge in [-0.1, -0.05) is 35.3 Å². The van der Waals surface area contributed by atoms with E-state index in [0.29, 0.717) is 15.8 Å². The molecule has 0 aliphatic heterocycles. The summed E-state index contributed by atoms with van der Waals surface area (Å²) in [6.45, 7) is 1.85. The highest BCUT2D eigenvalue weighted by Gasteiger charge is 2.05. The standard InChI is InChI=1S/C15H13Cl2NO2/c1-10-3-2-4-13(5-10)18-15(19)9-20-14-7-11(16)6-12(17)8-14/h2-8H,9H2,1H3,(H,18,19). The molecule has 0 aromatic heterocycles. The number of carbonyl (C=O) groups is 1. The molecule has 0 radical (unpaired) electrons. The zero-order chi connectivity index (χ0) is 14.5. The lowest BCUT2D eigenvalue weighted by molar-refractivity contribution is -0.118. The Bertz CT molecular complexity index is 609. The minimum absolute atomic E-state index is 0.107. The van der Waals surface area contributed by atoms with Gasteiger partial charge in [-0.15, -0.1) is 0 Å². The van der Waals surface area contributed by atoms with Crippen LogP contribution >= 0.6 is 23.2 Å². The summed E-state index contributed by atoms with van der Waals surface area (Å²) in [5.41, 5.74) is 1.81. The van der Waals surface area contributed by atoms with E-state index in [0.717, 1.165) is 11.3 Å². The minimum Gasteiger partial charge on any atom is -0.484 e. The van der Waals surface area contributed by atoms with E-state index in [1.165, 1.54) is 0 Å². The van der Waals surface area contributed by atoms with Crippen LogP contribution in [0.4, 0.5) is 5.69 Å². The highest BCUT2D eigenvalue weighted by atomic mass is 35.5. The first-order chi connectivity index (χ1) is 9.52. The SMILES string of the molecule is Cc1cccc(NC(=O)COc2cc(Cl)cc(Cl)c2)c1. The monoisotopic (exact) mass is 309 g/mol. The first-order valence-corrected chi connectivity index (χ1v) is 6.74. The van der Waals surface area contributed by atoms with Crippen LogP contribution in [0.25, 0.3) is 0 Å². The van der Waals surface area contributed by atoms with Gasteiger partial charge in [0.25, 0.3) is 5.91 Å². The van der Waals surface area contributed by atoms with E-state index in [1.807, 2.05) is 31.2 Å². The smallest absolute Gasteiger partial charge is 0.262 e. The Morgan fingerprint density at radius 1 is 1.15 bits per heavy atom. The van der Waals surface area contributed by atoms with Crippen LogP contribution in [0.3, 0.4) is 0 Å². The van der Waals surface area contributed by atoms with E-state index in [1.54, 1.807) is 18.2 Å². The van der Waals surface area contributed by atoms with Gasteiger partial charge in [-0.3, -0.25) is 4.79 Å². The summed E-state index contributed by atoms with van der Waals surface area (Å²) in [7, 11) is 0. The maximum absolute atomic E-state index is 11.8. The van der Waals surface area contributed by atoms with Crippen LogP contribution in [0.5, 0.6) is 5.75 Å². The summed E-state index contributed by atoms with van der Waals surface area (Å²) in [6.07, 6.45) is 0. The minimum atomic E-state index is -0.244. The molecule has 20 heavy (non-hydrogen) atoms. The van der Waals surface area contributed by atoms with Crippen molar-refractivity contribution in [2.75, 3.05) is 11.9 Å². The summed E-state index contributed by atoms with van der Waals surface area (Å²) in [6, 6.07) is 12.3. The predicted molar refractivity (Wildman–Crippen MR) is 81.8 cm³/mol. The highest BCUT2D eigenvalue weighted by molar-refractivity contribution is 6.34. The third-order valence-electron chi connectivity index (χ3n) is 2.51. The number of carbonyl (C=O) groups excluding carboxylic acids is 1. The van der Waals surface area contributed by atoms with Crippen molar-refractivity contribution in [1.29, 1.82) is 0 Å². The van der Waals surface area contributed by atoms with Crippen molar-refractivity contribution < 1.29 is 9.53 Å². The van der Waals surface area contributed by atoms with Crippen molar-refractivity contribution in [3.8, 4) is 5.75 Å². The third-order valence-corrected chi connectivity index (χ3v) is 2.94. The molecule has 0 fully saturated rings. The largest absolute Gasteiger partial charge is 0.484 e. The molecule has 0 unspecified atom stereocenters. The van der Waals surface area contributed by atoms with Crippen molar-refractivity contribution in [2.45, 2.75) is 6.92 Å². The average Bonchev–Trinajstić information content (AvgIpc) is 2.35. The molecular formula is C15H13Cl2NO2. The fraction of sp³-hybridized carbons (Fsp3) is 0.133. The lowest BCUT2D eigenvalue weighted by atomic mass is 10.2. The molecule has 0 heterocycles. The Morgan fingerprint density at radius 2 is 1.85 bits per heavy atom. The first kappa shape index (κ1) is 14.7. The fourth-order valence-electron chi connectivity index (χ4n) is 1.68. The molecular weight excluding hydrogens is 297 g/mol. The lowest BCUT2D eigenvalue weighted by Crippen LogP contribution is -2.20. The highest BCUT2D eigenvalue weighted by Crippen LogP contribution is 2.24. The average molecular weight is 310 g/mol. The molecule has 1 N–H and O–H groups in total. The molecule has 0 saturated heterocycles. The topological polar surface area (TPSA) is 38.3 Å². The second-order valence-corrected chi connectivity index (χ2v) is 5.18. The van der Waals surface area contributed by atoms with Crippen LogP contribution in [0, 0.1) is 6.92 Å². The zero-order valence-electron chi connectivity index (χ0n) is 10.8. The van der Waals surface area contributed by atoms with Crippen LogP contribution < -0.4 is 10.1 Å². The van der Waals surface area contributed by atoms with E-state index in [-0.39, 0.29) is 12.5 Å². The molecule has 2 aromatic carbocycles. The van der Waals surface area contributed by atoms with Gasteiger partial charge in [0.2, 0.25) is 0 Å². The number of nitrogens with one attached hydrogen (secondary N) is 1. The Morgan fingerprint density at radius 3 is 2.50 bits per heavy atom. The lowest BCUT2D eigenvalue weighted by Gasteiger charge is -2.08. The number of rotatable bonds is 4. The van der Waals surface area contributed by atoms with E-state index in [4.69, 9.17) is 27.9 Å². The summed E-state index contributed by atoms with van der Waals surface area (Å²) in [5.74, 6) is 0.216. The fourth-order valence-corrected chi connectivity index (χ4v) is 2.19.